The number of hydrogen-bond donors (Lipinski definition) is 1. The molecule has 1 fully saturated rings. The molecule has 1 aliphatic rings. The van der Waals surface area contributed by atoms with Crippen molar-refractivity contribution in [3.63, 3.8) is 0 Å². The molecule has 0 radical (unpaired) electrons. The normalized spacial score (nSPS) is 17.0. The molecular formula is C24H32FN5O3S. The molecule has 34 heavy (non-hydrogen) atoms. The minimum Gasteiger partial charge on any atom is -0.322 e. The van der Waals surface area contributed by atoms with Gasteiger partial charge in [-0.3, -0.25) is 9.48 Å². The van der Waals surface area contributed by atoms with E-state index in [9.17, 15) is 17.6 Å². The smallest absolute Gasteiger partial charge is 0.251 e. The van der Waals surface area contributed by atoms with Crippen LogP contribution in [0.5, 0.6) is 0 Å². The minimum atomic E-state index is -3.18. The summed E-state index contributed by atoms with van der Waals surface area (Å²) in [5.74, 6) is -0.165. The number of hydrogen-bond acceptors (Lipinski definition) is 5. The third-order valence-corrected chi connectivity index (χ3v) is 8.03. The lowest BCUT2D eigenvalue weighted by atomic mass is 9.88. The Balaban J connectivity index is 1.58. The van der Waals surface area contributed by atoms with Crippen molar-refractivity contribution >= 4 is 20.9 Å². The third kappa shape index (κ3) is 4.94. The van der Waals surface area contributed by atoms with Gasteiger partial charge in [-0.25, -0.2) is 12.8 Å². The highest BCUT2D eigenvalue weighted by Gasteiger charge is 2.27. The maximum Gasteiger partial charge on any atom is 0.251 e. The first-order valence-electron chi connectivity index (χ1n) is 11.6. The number of fused-ring (bicyclic) bond motifs is 1. The number of halogens is 1. The SMILES string of the molecule is CCn1ncc2c(F)cc(-c3ccc(C(CN4CCN(S(C)(=O)=O)CC4)C(C)C)c(=O)[nH]3)cc21. The summed E-state index contributed by atoms with van der Waals surface area (Å²) in [4.78, 5) is 18.3. The van der Waals surface area contributed by atoms with Gasteiger partial charge in [-0.15, -0.1) is 0 Å². The Morgan fingerprint density at radius 3 is 2.44 bits per heavy atom. The molecule has 10 heteroatoms. The Kier molecular flexibility index (Phi) is 6.93. The summed E-state index contributed by atoms with van der Waals surface area (Å²) in [5, 5.41) is 4.68. The largest absolute Gasteiger partial charge is 0.322 e. The van der Waals surface area contributed by atoms with Crippen LogP contribution in [0.25, 0.3) is 22.2 Å². The predicted octanol–water partition coefficient (Wildman–Crippen LogP) is 2.87. The first kappa shape index (κ1) is 24.6. The second-order valence-corrected chi connectivity index (χ2v) is 11.3. The van der Waals surface area contributed by atoms with E-state index in [0.717, 1.165) is 0 Å². The molecular weight excluding hydrogens is 457 g/mol. The van der Waals surface area contributed by atoms with E-state index in [1.165, 1.54) is 22.8 Å². The fraction of sp³-hybridized carbons (Fsp3) is 0.500. The zero-order chi connectivity index (χ0) is 24.6. The van der Waals surface area contributed by atoms with Gasteiger partial charge in [0.2, 0.25) is 10.0 Å². The number of aryl methyl sites for hydroxylation is 1. The number of sulfonamides is 1. The number of piperazine rings is 1. The van der Waals surface area contributed by atoms with Gasteiger partial charge >= 0.3 is 0 Å². The van der Waals surface area contributed by atoms with Crippen LogP contribution in [-0.4, -0.2) is 71.4 Å². The highest BCUT2D eigenvalue weighted by atomic mass is 32.2. The minimum absolute atomic E-state index is 0.0108. The molecule has 8 nitrogen and oxygen atoms in total. The molecule has 1 aliphatic heterocycles. The Hall–Kier alpha value is -2.56. The number of aromatic amines is 1. The van der Waals surface area contributed by atoms with E-state index in [4.69, 9.17) is 0 Å². The zero-order valence-corrected chi connectivity index (χ0v) is 20.9. The predicted molar refractivity (Wildman–Crippen MR) is 132 cm³/mol. The molecule has 1 atom stereocenters. The summed E-state index contributed by atoms with van der Waals surface area (Å²) in [6, 6.07) is 6.95. The van der Waals surface area contributed by atoms with E-state index < -0.39 is 10.0 Å². The molecule has 0 spiro atoms. The fourth-order valence-corrected chi connectivity index (χ4v) is 5.50. The van der Waals surface area contributed by atoms with E-state index in [-0.39, 0.29) is 23.2 Å². The van der Waals surface area contributed by atoms with Gasteiger partial charge in [-0.1, -0.05) is 19.9 Å². The number of benzene rings is 1. The summed E-state index contributed by atoms with van der Waals surface area (Å²) in [5.41, 5.74) is 2.35. The third-order valence-electron chi connectivity index (χ3n) is 6.72. The van der Waals surface area contributed by atoms with Crippen molar-refractivity contribution in [2.24, 2.45) is 5.92 Å². The second-order valence-electron chi connectivity index (χ2n) is 9.32. The lowest BCUT2D eigenvalue weighted by molar-refractivity contribution is 0.170. The van der Waals surface area contributed by atoms with Gasteiger partial charge in [-0.05, 0) is 31.0 Å². The van der Waals surface area contributed by atoms with Crippen LogP contribution in [0.15, 0.2) is 35.3 Å². The van der Waals surface area contributed by atoms with Gasteiger partial charge < -0.3 is 9.88 Å². The summed E-state index contributed by atoms with van der Waals surface area (Å²) in [7, 11) is -3.18. The highest BCUT2D eigenvalue weighted by Crippen LogP contribution is 2.28. The van der Waals surface area contributed by atoms with E-state index in [1.54, 1.807) is 4.68 Å². The first-order valence-corrected chi connectivity index (χ1v) is 13.5. The van der Waals surface area contributed by atoms with Crippen molar-refractivity contribution in [3.8, 4) is 11.3 Å². The van der Waals surface area contributed by atoms with Crippen molar-refractivity contribution in [2.75, 3.05) is 39.0 Å². The van der Waals surface area contributed by atoms with Crippen molar-refractivity contribution in [3.05, 3.63) is 52.2 Å². The monoisotopic (exact) mass is 489 g/mol. The molecule has 0 bridgehead atoms. The Labute approximate surface area is 199 Å². The Morgan fingerprint density at radius 1 is 1.15 bits per heavy atom. The van der Waals surface area contributed by atoms with Gasteiger partial charge in [0, 0.05) is 62.0 Å². The average Bonchev–Trinajstić information content (AvgIpc) is 3.21. The quantitative estimate of drug-likeness (QED) is 0.551. The summed E-state index contributed by atoms with van der Waals surface area (Å²) in [6.45, 7) is 9.60. The molecule has 4 rings (SSSR count). The van der Waals surface area contributed by atoms with Gasteiger partial charge in [-0.2, -0.15) is 9.40 Å². The summed E-state index contributed by atoms with van der Waals surface area (Å²) >= 11 is 0. The Morgan fingerprint density at radius 2 is 1.85 bits per heavy atom. The van der Waals surface area contributed by atoms with Crippen LogP contribution in [0.4, 0.5) is 4.39 Å². The first-order chi connectivity index (χ1) is 16.1. The molecule has 0 aliphatic carbocycles. The number of rotatable bonds is 7. The maximum atomic E-state index is 14.7. The lowest BCUT2D eigenvalue weighted by Gasteiger charge is -2.36. The number of aromatic nitrogens is 3. The van der Waals surface area contributed by atoms with Crippen LogP contribution >= 0.6 is 0 Å². The summed E-state index contributed by atoms with van der Waals surface area (Å²) < 4.78 is 41.5. The molecule has 3 heterocycles. The van der Waals surface area contributed by atoms with E-state index >= 15 is 0 Å². The van der Waals surface area contributed by atoms with Crippen LogP contribution < -0.4 is 5.56 Å². The van der Waals surface area contributed by atoms with Crippen LogP contribution in [0.1, 0.15) is 32.3 Å². The standard InChI is InChI=1S/C24H32FN5O3S/c1-5-30-23-13-17(12-21(25)19(23)14-26-30)22-7-6-18(24(31)27-22)20(16(2)3)15-28-8-10-29(11-9-28)34(4,32)33/h6-7,12-14,16,20H,5,8-11,15H2,1-4H3,(H,27,31). The van der Waals surface area contributed by atoms with Crippen molar-refractivity contribution in [2.45, 2.75) is 33.2 Å². The van der Waals surface area contributed by atoms with Crippen molar-refractivity contribution in [1.29, 1.82) is 0 Å². The molecule has 0 amide bonds. The van der Waals surface area contributed by atoms with Gasteiger partial charge in [0.1, 0.15) is 5.82 Å². The van der Waals surface area contributed by atoms with Gasteiger partial charge in [0.15, 0.2) is 0 Å². The van der Waals surface area contributed by atoms with E-state index in [2.05, 4.69) is 28.8 Å². The van der Waals surface area contributed by atoms with Crippen LogP contribution in [0, 0.1) is 11.7 Å². The number of H-pyrrole nitrogens is 1. The van der Waals surface area contributed by atoms with Gasteiger partial charge in [0.05, 0.1) is 23.4 Å². The molecule has 3 aromatic rings. The van der Waals surface area contributed by atoms with E-state index in [1.807, 2.05) is 25.1 Å². The number of nitrogens with zero attached hydrogens (tertiary/aromatic N) is 4. The highest BCUT2D eigenvalue weighted by molar-refractivity contribution is 7.88. The molecule has 2 aromatic heterocycles. The molecule has 184 valence electrons. The van der Waals surface area contributed by atoms with Crippen LogP contribution in [0.2, 0.25) is 0 Å². The topological polar surface area (TPSA) is 91.3 Å². The maximum absolute atomic E-state index is 14.7. The molecule has 1 unspecified atom stereocenters. The molecule has 1 aromatic carbocycles. The summed E-state index contributed by atoms with van der Waals surface area (Å²) in [6.07, 6.45) is 2.76. The van der Waals surface area contributed by atoms with Crippen LogP contribution in [-0.2, 0) is 16.6 Å². The molecule has 0 saturated carbocycles. The Bertz CT molecular complexity index is 1340. The van der Waals surface area contributed by atoms with Crippen molar-refractivity contribution in [1.82, 2.24) is 24.0 Å². The molecule has 1 N–H and O–H groups in total. The fourth-order valence-electron chi connectivity index (χ4n) is 4.68. The molecule has 1 saturated heterocycles. The number of nitrogens with one attached hydrogen (secondary N) is 1. The number of pyridine rings is 1. The second kappa shape index (κ2) is 9.59. The zero-order valence-electron chi connectivity index (χ0n) is 20.1. The average molecular weight is 490 g/mol. The van der Waals surface area contributed by atoms with Crippen molar-refractivity contribution < 1.29 is 12.8 Å². The van der Waals surface area contributed by atoms with Crippen LogP contribution in [0.3, 0.4) is 0 Å². The lowest BCUT2D eigenvalue weighted by Crippen LogP contribution is -2.49. The van der Waals surface area contributed by atoms with E-state index in [0.29, 0.717) is 67.0 Å². The van der Waals surface area contributed by atoms with Gasteiger partial charge in [0.25, 0.3) is 5.56 Å².